The number of piperidine rings is 1. The maximum atomic E-state index is 11.9. The summed E-state index contributed by atoms with van der Waals surface area (Å²) in [5.41, 5.74) is 10.6. The molecule has 0 aliphatic carbocycles. The van der Waals surface area contributed by atoms with Gasteiger partial charge in [-0.3, -0.25) is 14.5 Å². The molecule has 0 aromatic carbocycles. The zero-order valence-corrected chi connectivity index (χ0v) is 11.8. The lowest BCUT2D eigenvalue weighted by Gasteiger charge is -2.32. The van der Waals surface area contributed by atoms with Gasteiger partial charge in [-0.2, -0.15) is 0 Å². The summed E-state index contributed by atoms with van der Waals surface area (Å²) in [5, 5.41) is 0. The average Bonchev–Trinajstić information content (AvgIpc) is 2.37. The second kappa shape index (κ2) is 8.12. The molecule has 1 rings (SSSR count). The predicted octanol–water partition coefficient (Wildman–Crippen LogP) is -0.619. The Morgan fingerprint density at radius 2 is 1.95 bits per heavy atom. The van der Waals surface area contributed by atoms with E-state index in [1.54, 1.807) is 4.90 Å². The highest BCUT2D eigenvalue weighted by molar-refractivity contribution is 5.78. The van der Waals surface area contributed by atoms with E-state index in [4.69, 9.17) is 11.5 Å². The Morgan fingerprint density at radius 1 is 1.32 bits per heavy atom. The molecule has 0 radical (unpaired) electrons. The molecule has 0 bridgehead atoms. The van der Waals surface area contributed by atoms with Gasteiger partial charge in [-0.1, -0.05) is 0 Å². The van der Waals surface area contributed by atoms with Gasteiger partial charge < -0.3 is 16.4 Å². The Labute approximate surface area is 115 Å². The molecule has 19 heavy (non-hydrogen) atoms. The molecule has 1 saturated heterocycles. The molecular formula is C13H26N4O2. The van der Waals surface area contributed by atoms with Crippen LogP contribution < -0.4 is 11.5 Å². The topological polar surface area (TPSA) is 92.7 Å². The van der Waals surface area contributed by atoms with Crippen LogP contribution in [0.15, 0.2) is 0 Å². The summed E-state index contributed by atoms with van der Waals surface area (Å²) in [6.45, 7) is 3.52. The Hall–Kier alpha value is -1.14. The molecule has 2 amide bonds. The number of amides is 2. The average molecular weight is 270 g/mol. The number of carbonyl (C=O) groups excluding carboxylic acids is 2. The number of likely N-dealkylation sites (tertiary alicyclic amines) is 1. The van der Waals surface area contributed by atoms with Crippen molar-refractivity contribution in [1.82, 2.24) is 9.80 Å². The van der Waals surface area contributed by atoms with E-state index in [0.29, 0.717) is 32.0 Å². The number of rotatable bonds is 7. The Balaban J connectivity index is 2.24. The van der Waals surface area contributed by atoms with Crippen molar-refractivity contribution in [2.45, 2.75) is 25.7 Å². The van der Waals surface area contributed by atoms with Crippen LogP contribution in [0.5, 0.6) is 0 Å². The normalized spacial score (nSPS) is 17.4. The first-order valence-electron chi connectivity index (χ1n) is 6.97. The van der Waals surface area contributed by atoms with E-state index < -0.39 is 0 Å². The van der Waals surface area contributed by atoms with Crippen LogP contribution in [-0.2, 0) is 9.59 Å². The smallest absolute Gasteiger partial charge is 0.236 e. The first-order valence-corrected chi connectivity index (χ1v) is 6.97. The van der Waals surface area contributed by atoms with Gasteiger partial charge in [0.05, 0.1) is 6.54 Å². The molecule has 0 unspecified atom stereocenters. The minimum Gasteiger partial charge on any atom is -0.370 e. The van der Waals surface area contributed by atoms with Gasteiger partial charge in [-0.05, 0) is 44.8 Å². The van der Waals surface area contributed by atoms with Crippen LogP contribution in [0.3, 0.4) is 0 Å². The van der Waals surface area contributed by atoms with E-state index in [2.05, 4.69) is 4.90 Å². The zero-order valence-electron chi connectivity index (χ0n) is 11.8. The molecule has 6 heteroatoms. The summed E-state index contributed by atoms with van der Waals surface area (Å²) in [6.07, 6.45) is 3.20. The van der Waals surface area contributed by atoms with Crippen LogP contribution in [0.2, 0.25) is 0 Å². The van der Waals surface area contributed by atoms with Crippen LogP contribution in [0.25, 0.3) is 0 Å². The molecular weight excluding hydrogens is 244 g/mol. The highest BCUT2D eigenvalue weighted by atomic mass is 16.2. The molecule has 6 nitrogen and oxygen atoms in total. The van der Waals surface area contributed by atoms with Crippen molar-refractivity contribution in [3.8, 4) is 0 Å². The molecule has 1 aliphatic heterocycles. The number of nitrogens with two attached hydrogens (primary N) is 2. The minimum absolute atomic E-state index is 0.141. The summed E-state index contributed by atoms with van der Waals surface area (Å²) in [5.74, 6) is 0.302. The molecule has 110 valence electrons. The highest BCUT2D eigenvalue weighted by Crippen LogP contribution is 2.19. The lowest BCUT2D eigenvalue weighted by Crippen LogP contribution is -2.43. The van der Waals surface area contributed by atoms with Crippen molar-refractivity contribution >= 4 is 11.8 Å². The Bertz CT molecular complexity index is 301. The molecule has 0 spiro atoms. The highest BCUT2D eigenvalue weighted by Gasteiger charge is 2.22. The van der Waals surface area contributed by atoms with Crippen molar-refractivity contribution in [2.75, 3.05) is 39.8 Å². The monoisotopic (exact) mass is 270 g/mol. The SMILES string of the molecule is CN(CCCN)C(=O)CN1CCC(CC(N)=O)CC1. The van der Waals surface area contributed by atoms with Crippen LogP contribution in [0, 0.1) is 5.92 Å². The van der Waals surface area contributed by atoms with Gasteiger partial charge in [0.1, 0.15) is 0 Å². The maximum absolute atomic E-state index is 11.9. The Morgan fingerprint density at radius 3 is 2.47 bits per heavy atom. The number of likely N-dealkylation sites (N-methyl/N-ethyl adjacent to an activating group) is 1. The van der Waals surface area contributed by atoms with Crippen molar-refractivity contribution in [2.24, 2.45) is 17.4 Å². The van der Waals surface area contributed by atoms with E-state index in [9.17, 15) is 9.59 Å². The minimum atomic E-state index is -0.226. The standard InChI is InChI=1S/C13H26N4O2/c1-16(6-2-5-14)13(19)10-17-7-3-11(4-8-17)9-12(15)18/h11H,2-10,14H2,1H3,(H2,15,18). The van der Waals surface area contributed by atoms with Gasteiger partial charge in [-0.15, -0.1) is 0 Å². The van der Waals surface area contributed by atoms with Crippen molar-refractivity contribution in [1.29, 1.82) is 0 Å². The summed E-state index contributed by atoms with van der Waals surface area (Å²) in [4.78, 5) is 26.7. The third-order valence-electron chi connectivity index (χ3n) is 3.68. The fraction of sp³-hybridized carbons (Fsp3) is 0.846. The summed E-state index contributed by atoms with van der Waals surface area (Å²) in [6, 6.07) is 0. The van der Waals surface area contributed by atoms with Crippen LogP contribution in [0.1, 0.15) is 25.7 Å². The second-order valence-electron chi connectivity index (χ2n) is 5.35. The molecule has 0 atom stereocenters. The fourth-order valence-corrected chi connectivity index (χ4v) is 2.40. The van der Waals surface area contributed by atoms with Gasteiger partial charge in [-0.25, -0.2) is 0 Å². The van der Waals surface area contributed by atoms with E-state index >= 15 is 0 Å². The predicted molar refractivity (Wildman–Crippen MR) is 74.3 cm³/mol. The molecule has 1 heterocycles. The molecule has 4 N–H and O–H groups in total. The fourth-order valence-electron chi connectivity index (χ4n) is 2.40. The first kappa shape index (κ1) is 15.9. The summed E-state index contributed by atoms with van der Waals surface area (Å²) in [7, 11) is 1.82. The van der Waals surface area contributed by atoms with Crippen molar-refractivity contribution < 1.29 is 9.59 Å². The number of carbonyl (C=O) groups is 2. The van der Waals surface area contributed by atoms with E-state index in [1.807, 2.05) is 7.05 Å². The van der Waals surface area contributed by atoms with Gasteiger partial charge in [0.15, 0.2) is 0 Å². The van der Waals surface area contributed by atoms with Gasteiger partial charge in [0.25, 0.3) is 0 Å². The number of hydrogen-bond acceptors (Lipinski definition) is 4. The van der Waals surface area contributed by atoms with Crippen LogP contribution in [0.4, 0.5) is 0 Å². The Kier molecular flexibility index (Phi) is 6.80. The number of nitrogens with zero attached hydrogens (tertiary/aromatic N) is 2. The first-order chi connectivity index (χ1) is 9.02. The zero-order chi connectivity index (χ0) is 14.3. The van der Waals surface area contributed by atoms with E-state index in [1.165, 1.54) is 0 Å². The molecule has 0 aromatic heterocycles. The molecule has 1 aliphatic rings. The van der Waals surface area contributed by atoms with Gasteiger partial charge in [0, 0.05) is 20.0 Å². The maximum Gasteiger partial charge on any atom is 0.236 e. The third kappa shape index (κ3) is 6.02. The van der Waals surface area contributed by atoms with Crippen molar-refractivity contribution in [3.63, 3.8) is 0 Å². The van der Waals surface area contributed by atoms with Gasteiger partial charge in [0.2, 0.25) is 11.8 Å². The van der Waals surface area contributed by atoms with Crippen LogP contribution >= 0.6 is 0 Å². The summed E-state index contributed by atoms with van der Waals surface area (Å²) >= 11 is 0. The second-order valence-corrected chi connectivity index (χ2v) is 5.35. The molecule has 0 aromatic rings. The van der Waals surface area contributed by atoms with Crippen LogP contribution in [-0.4, -0.2) is 61.4 Å². The molecule has 1 fully saturated rings. The molecule has 0 saturated carbocycles. The number of hydrogen-bond donors (Lipinski definition) is 2. The van der Waals surface area contributed by atoms with E-state index in [0.717, 1.165) is 32.4 Å². The van der Waals surface area contributed by atoms with E-state index in [-0.39, 0.29) is 11.8 Å². The van der Waals surface area contributed by atoms with Gasteiger partial charge >= 0.3 is 0 Å². The number of primary amides is 1. The lowest BCUT2D eigenvalue weighted by molar-refractivity contribution is -0.131. The largest absolute Gasteiger partial charge is 0.370 e. The quantitative estimate of drug-likeness (QED) is 0.645. The summed E-state index contributed by atoms with van der Waals surface area (Å²) < 4.78 is 0. The third-order valence-corrected chi connectivity index (χ3v) is 3.68. The lowest BCUT2D eigenvalue weighted by atomic mass is 9.93. The van der Waals surface area contributed by atoms with Crippen molar-refractivity contribution in [3.05, 3.63) is 0 Å².